The smallest absolute Gasteiger partial charge is 0.206 e. The van der Waals surface area contributed by atoms with Gasteiger partial charge in [-0.2, -0.15) is 0 Å². The van der Waals surface area contributed by atoms with Crippen molar-refractivity contribution in [1.82, 2.24) is 9.55 Å². The summed E-state index contributed by atoms with van der Waals surface area (Å²) < 4.78 is 2.21. The van der Waals surface area contributed by atoms with Crippen molar-refractivity contribution >= 4 is 32.9 Å². The molecule has 3 nitrogen and oxygen atoms in total. The van der Waals surface area contributed by atoms with E-state index >= 15 is 0 Å². The molecule has 0 bridgehead atoms. The monoisotopic (exact) mass is 307 g/mol. The van der Waals surface area contributed by atoms with Crippen LogP contribution in [0.25, 0.3) is 11.0 Å². The fourth-order valence-corrected chi connectivity index (χ4v) is 3.35. The standard InChI is InChI=1S/C14H18BrN3/c1-17-13-5-3-2-4-12(13)16-14(17)18-8-6-11(10-15)7-9-18/h2-5,11H,6-10H2,1H3. The zero-order valence-electron chi connectivity index (χ0n) is 10.6. The Kier molecular flexibility index (Phi) is 3.29. The summed E-state index contributed by atoms with van der Waals surface area (Å²) in [6, 6.07) is 8.35. The van der Waals surface area contributed by atoms with Gasteiger partial charge in [-0.1, -0.05) is 28.1 Å². The molecule has 0 amide bonds. The molecule has 2 aromatic rings. The topological polar surface area (TPSA) is 21.1 Å². The summed E-state index contributed by atoms with van der Waals surface area (Å²) in [4.78, 5) is 7.18. The van der Waals surface area contributed by atoms with Crippen molar-refractivity contribution < 1.29 is 0 Å². The molecule has 0 aliphatic carbocycles. The lowest BCUT2D eigenvalue weighted by molar-refractivity contribution is 0.441. The highest BCUT2D eigenvalue weighted by atomic mass is 79.9. The van der Waals surface area contributed by atoms with Gasteiger partial charge in [0.05, 0.1) is 11.0 Å². The number of piperidine rings is 1. The van der Waals surface area contributed by atoms with E-state index in [4.69, 9.17) is 4.98 Å². The number of anilines is 1. The van der Waals surface area contributed by atoms with Crippen LogP contribution in [0.5, 0.6) is 0 Å². The predicted molar refractivity (Wildman–Crippen MR) is 79.4 cm³/mol. The van der Waals surface area contributed by atoms with Crippen LogP contribution in [0.3, 0.4) is 0 Å². The minimum atomic E-state index is 0.830. The maximum absolute atomic E-state index is 4.76. The second-order valence-corrected chi connectivity index (χ2v) is 5.69. The maximum atomic E-state index is 4.76. The molecule has 1 saturated heterocycles. The summed E-state index contributed by atoms with van der Waals surface area (Å²) in [7, 11) is 2.11. The number of fused-ring (bicyclic) bond motifs is 1. The fraction of sp³-hybridized carbons (Fsp3) is 0.500. The van der Waals surface area contributed by atoms with Crippen LogP contribution in [0, 0.1) is 5.92 Å². The molecule has 0 N–H and O–H groups in total. The summed E-state index contributed by atoms with van der Waals surface area (Å²) in [5.74, 6) is 1.94. The van der Waals surface area contributed by atoms with E-state index in [0.29, 0.717) is 0 Å². The molecule has 96 valence electrons. The van der Waals surface area contributed by atoms with E-state index in [1.54, 1.807) is 0 Å². The van der Waals surface area contributed by atoms with Crippen LogP contribution in [0.2, 0.25) is 0 Å². The first-order valence-electron chi connectivity index (χ1n) is 6.52. The summed E-state index contributed by atoms with van der Waals surface area (Å²) in [6.07, 6.45) is 2.52. The Morgan fingerprint density at radius 2 is 2.00 bits per heavy atom. The third-order valence-electron chi connectivity index (χ3n) is 3.88. The Bertz CT molecular complexity index is 541. The molecule has 4 heteroatoms. The molecule has 1 fully saturated rings. The number of hydrogen-bond acceptors (Lipinski definition) is 2. The lowest BCUT2D eigenvalue weighted by Gasteiger charge is -2.31. The molecule has 0 radical (unpaired) electrons. The van der Waals surface area contributed by atoms with Gasteiger partial charge < -0.3 is 9.47 Å². The third kappa shape index (κ3) is 2.03. The molecule has 0 spiro atoms. The second kappa shape index (κ2) is 4.92. The van der Waals surface area contributed by atoms with Gasteiger partial charge in [-0.15, -0.1) is 0 Å². The second-order valence-electron chi connectivity index (χ2n) is 5.04. The van der Waals surface area contributed by atoms with Gasteiger partial charge in [0.1, 0.15) is 0 Å². The minimum Gasteiger partial charge on any atom is -0.342 e. The molecule has 1 aliphatic rings. The van der Waals surface area contributed by atoms with E-state index in [-0.39, 0.29) is 0 Å². The number of para-hydroxylation sites is 2. The highest BCUT2D eigenvalue weighted by Crippen LogP contribution is 2.26. The molecular formula is C14H18BrN3. The van der Waals surface area contributed by atoms with Gasteiger partial charge in [0, 0.05) is 25.5 Å². The molecule has 2 heterocycles. The van der Waals surface area contributed by atoms with Crippen LogP contribution in [0.4, 0.5) is 5.95 Å². The highest BCUT2D eigenvalue weighted by molar-refractivity contribution is 9.09. The predicted octanol–water partition coefficient (Wildman–Crippen LogP) is 3.18. The first-order chi connectivity index (χ1) is 8.79. The van der Waals surface area contributed by atoms with Gasteiger partial charge in [-0.3, -0.25) is 0 Å². The molecule has 0 saturated carbocycles. The number of aromatic nitrogens is 2. The van der Waals surface area contributed by atoms with Crippen molar-refractivity contribution in [2.24, 2.45) is 13.0 Å². The number of halogens is 1. The quantitative estimate of drug-likeness (QED) is 0.795. The minimum absolute atomic E-state index is 0.830. The van der Waals surface area contributed by atoms with E-state index in [2.05, 4.69) is 56.7 Å². The van der Waals surface area contributed by atoms with E-state index in [1.807, 2.05) is 0 Å². The lowest BCUT2D eigenvalue weighted by Crippen LogP contribution is -2.35. The van der Waals surface area contributed by atoms with Crippen LogP contribution >= 0.6 is 15.9 Å². The number of rotatable bonds is 2. The van der Waals surface area contributed by atoms with Gasteiger partial charge in [-0.05, 0) is 30.9 Å². The van der Waals surface area contributed by atoms with Crippen LogP contribution in [-0.2, 0) is 7.05 Å². The van der Waals surface area contributed by atoms with Gasteiger partial charge >= 0.3 is 0 Å². The molecule has 1 aromatic carbocycles. The molecule has 1 aliphatic heterocycles. The summed E-state index contributed by atoms with van der Waals surface area (Å²) >= 11 is 3.59. The molecule has 3 rings (SSSR count). The molecule has 0 atom stereocenters. The van der Waals surface area contributed by atoms with Crippen LogP contribution < -0.4 is 4.90 Å². The SMILES string of the molecule is Cn1c(N2CCC(CBr)CC2)nc2ccccc21. The van der Waals surface area contributed by atoms with Crippen LogP contribution in [0.15, 0.2) is 24.3 Å². The highest BCUT2D eigenvalue weighted by Gasteiger charge is 2.21. The lowest BCUT2D eigenvalue weighted by atomic mass is 9.99. The molecular weight excluding hydrogens is 290 g/mol. The number of alkyl halides is 1. The third-order valence-corrected chi connectivity index (χ3v) is 4.79. The summed E-state index contributed by atoms with van der Waals surface area (Å²) in [5, 5.41) is 1.13. The Balaban J connectivity index is 1.89. The van der Waals surface area contributed by atoms with Crippen LogP contribution in [0.1, 0.15) is 12.8 Å². The Labute approximate surface area is 116 Å². The van der Waals surface area contributed by atoms with Gasteiger partial charge in [0.15, 0.2) is 0 Å². The number of aryl methyl sites for hydroxylation is 1. The van der Waals surface area contributed by atoms with Crippen molar-refractivity contribution in [2.45, 2.75) is 12.8 Å². The fourth-order valence-electron chi connectivity index (χ4n) is 2.70. The Hall–Kier alpha value is -1.03. The molecule has 18 heavy (non-hydrogen) atoms. The maximum Gasteiger partial charge on any atom is 0.206 e. The Morgan fingerprint density at radius 3 is 2.67 bits per heavy atom. The number of imidazole rings is 1. The van der Waals surface area contributed by atoms with E-state index in [9.17, 15) is 0 Å². The number of nitrogens with zero attached hydrogens (tertiary/aromatic N) is 3. The zero-order chi connectivity index (χ0) is 12.5. The van der Waals surface area contributed by atoms with Gasteiger partial charge in [0.25, 0.3) is 0 Å². The first-order valence-corrected chi connectivity index (χ1v) is 7.64. The summed E-state index contributed by atoms with van der Waals surface area (Å²) in [5.41, 5.74) is 2.31. The first kappa shape index (κ1) is 12.0. The number of hydrogen-bond donors (Lipinski definition) is 0. The Morgan fingerprint density at radius 1 is 1.28 bits per heavy atom. The van der Waals surface area contributed by atoms with E-state index in [1.165, 1.54) is 18.4 Å². The molecule has 1 aromatic heterocycles. The number of benzene rings is 1. The van der Waals surface area contributed by atoms with Gasteiger partial charge in [-0.25, -0.2) is 4.98 Å². The van der Waals surface area contributed by atoms with E-state index in [0.717, 1.165) is 35.8 Å². The van der Waals surface area contributed by atoms with Crippen molar-refractivity contribution in [1.29, 1.82) is 0 Å². The summed E-state index contributed by atoms with van der Waals surface area (Å²) in [6.45, 7) is 2.24. The molecule has 0 unspecified atom stereocenters. The average Bonchev–Trinajstić information content (AvgIpc) is 2.77. The van der Waals surface area contributed by atoms with Crippen molar-refractivity contribution in [3.8, 4) is 0 Å². The zero-order valence-corrected chi connectivity index (χ0v) is 12.2. The van der Waals surface area contributed by atoms with E-state index < -0.39 is 0 Å². The van der Waals surface area contributed by atoms with Crippen molar-refractivity contribution in [3.05, 3.63) is 24.3 Å². The average molecular weight is 308 g/mol. The van der Waals surface area contributed by atoms with Gasteiger partial charge in [0.2, 0.25) is 5.95 Å². The largest absolute Gasteiger partial charge is 0.342 e. The van der Waals surface area contributed by atoms with Crippen molar-refractivity contribution in [3.63, 3.8) is 0 Å². The van der Waals surface area contributed by atoms with Crippen molar-refractivity contribution in [2.75, 3.05) is 23.3 Å². The van der Waals surface area contributed by atoms with Crippen LogP contribution in [-0.4, -0.2) is 28.0 Å². The normalized spacial score (nSPS) is 17.6.